The van der Waals surface area contributed by atoms with E-state index in [4.69, 9.17) is 0 Å². The normalized spacial score (nSPS) is 20.7. The second kappa shape index (κ2) is 52.8. The molecule has 640 valence electrons. The largest absolute Gasteiger partial charge is 5.00 e. The van der Waals surface area contributed by atoms with Crippen molar-refractivity contribution in [3.05, 3.63) is 0 Å². The molecule has 0 amide bonds. The first-order valence-electron chi connectivity index (χ1n) is 18.3. The van der Waals surface area contributed by atoms with E-state index in [2.05, 4.69) is 86.2 Å². The number of rotatable bonds is 40. The van der Waals surface area contributed by atoms with E-state index in [-0.39, 0.29) is 157 Å². The van der Waals surface area contributed by atoms with Crippen LogP contribution in [0.3, 0.4) is 0 Å². The van der Waals surface area contributed by atoms with Gasteiger partial charge in [0.15, 0.2) is 0 Å². The third kappa shape index (κ3) is 99.3. The SMILES string of the molecule is O=P([O-])([O-])OP(=O)([O-])OP(=O)([O-])OP(=O)([O-])OP(=O)([O-])[O-].O=P([O-])([O-])OP(=O)([O-])OP(=O)([O-])OP(=O)([O-])OP(=O)([O-])[O-].O=P([O-])([O-])OP(=O)([O-])OP(=O)([O-])OP(=O)([O-])OP(=O)([O-])[O-].O=P([O-])([O-])OP(=O)([O-])OP(=O)([O-])OP(=O)([O-])OP(=O)([O-])[O-].O=P([O-])([O-])OP(=O)([O-])OP(=O)([O-])OP(=O)([O-])OP(=O)([O-])[O-].[Nb+5].[Nb+5].[Nb+5].[Nb+5].[Nb+5].[Nb+5].[Nb+5]. The summed E-state index contributed by atoms with van der Waals surface area (Å²) in [5.74, 6) is 0. The van der Waals surface area contributed by atoms with Gasteiger partial charge >= 0.3 is 157 Å². The summed E-state index contributed by atoms with van der Waals surface area (Å²) in [6.07, 6.45) is 0. The summed E-state index contributed by atoms with van der Waals surface area (Å²) in [6.45, 7) is 0. The monoisotopic (exact) mass is 2700 g/mol. The molecule has 112 heavy (non-hydrogen) atoms. The smallest absolute Gasteiger partial charge is 0.790 e. The van der Waals surface area contributed by atoms with Crippen molar-refractivity contribution in [3.8, 4) is 0 Å². The third-order valence-electron chi connectivity index (χ3n) is 4.00. The van der Waals surface area contributed by atoms with Gasteiger partial charge in [0.05, 0.1) is 78.2 Å². The van der Waals surface area contributed by atoms with Crippen LogP contribution in [0, 0.1) is 0 Å². The topological polar surface area (TPSA) is 1420 Å². The minimum atomic E-state index is -6.56. The molecule has 0 bridgehead atoms. The van der Waals surface area contributed by atoms with Crippen molar-refractivity contribution in [1.29, 1.82) is 0 Å². The fourth-order valence-electron chi connectivity index (χ4n) is 2.67. The van der Waals surface area contributed by atoms with Crippen LogP contribution in [0.4, 0.5) is 0 Å². The first-order valence-corrected chi connectivity index (χ1v) is 54.8. The van der Waals surface area contributed by atoms with Crippen LogP contribution in [0.25, 0.3) is 0 Å². The first kappa shape index (κ1) is 146. The second-order valence-electron chi connectivity index (χ2n) is 12.8. The maximum Gasteiger partial charge on any atom is 5.00 e. The maximum absolute atomic E-state index is 10.7. The van der Waals surface area contributed by atoms with Crippen LogP contribution in [0.15, 0.2) is 0 Å². The van der Waals surface area contributed by atoms with Gasteiger partial charge in [-0.2, -0.15) is 0 Å². The fourth-order valence-corrected chi connectivity index (χ4v) is 28.1. The van der Waals surface area contributed by atoms with Gasteiger partial charge in [-0.3, -0.25) is 112 Å². The van der Waals surface area contributed by atoms with Crippen LogP contribution >= 0.6 is 196 Å². The molecule has 0 saturated carbocycles. The van der Waals surface area contributed by atoms with Gasteiger partial charge in [0.2, 0.25) is 0 Å². The summed E-state index contributed by atoms with van der Waals surface area (Å²) in [5.41, 5.74) is 0. The molecule has 0 rings (SSSR count). The molecule has 10 unspecified atom stereocenters. The van der Waals surface area contributed by atoms with Crippen molar-refractivity contribution in [2.75, 3.05) is 0 Å². The number of hydrogen-bond acceptors (Lipinski definition) is 80. The molecule has 0 aliphatic rings. The van der Waals surface area contributed by atoms with E-state index in [1.165, 1.54) is 0 Å². The van der Waals surface area contributed by atoms with Gasteiger partial charge < -0.3 is 217 Å². The van der Waals surface area contributed by atoms with Gasteiger partial charge in [-0.15, -0.1) is 0 Å². The van der Waals surface area contributed by atoms with Crippen LogP contribution in [0.5, 0.6) is 0 Å². The summed E-state index contributed by atoms with van der Waals surface area (Å²) in [6, 6.07) is 0. The average Bonchev–Trinajstić information content (AvgIpc) is 0.941. The van der Waals surface area contributed by atoms with Crippen molar-refractivity contribution in [2.24, 2.45) is 0 Å². The average molecular weight is 2700 g/mol. The first-order chi connectivity index (χ1) is 44.1. The Morgan fingerprint density at radius 1 is 0.0893 bits per heavy atom. The molecule has 0 aliphatic heterocycles. The van der Waals surface area contributed by atoms with Crippen molar-refractivity contribution in [2.45, 2.75) is 0 Å². The molecule has 10 atom stereocenters. The van der Waals surface area contributed by atoms with Crippen LogP contribution < -0.4 is 171 Å². The molecule has 0 aromatic carbocycles. The van der Waals surface area contributed by atoms with E-state index >= 15 is 0 Å². The minimum absolute atomic E-state index is 0. The summed E-state index contributed by atoms with van der Waals surface area (Å²) >= 11 is 0. The molecular formula is Nb7O80P25. The van der Waals surface area contributed by atoms with E-state index in [0.717, 1.165) is 0 Å². The Labute approximate surface area is 717 Å². The standard InChI is InChI=1S/7Nb.5H7O16P5/c;;;;;;;5*1-17(2,3)13-19(7,8)15-21(11,12)16-20(9,10)14-18(4,5)6/h;;;;;;;5*(H,7,8)(H,9,10)(H,11,12)(H2,1,2,3)(H2,4,5,6)/q7*+5;;;;;/p-35. The fraction of sp³-hybridized carbons (Fsp3) is 0. The Hall–Kier alpha value is 8.73. The molecule has 0 aromatic rings. The minimum Gasteiger partial charge on any atom is -0.790 e. The number of phosphoric acid groups is 25. The second-order valence-corrected chi connectivity index (χ2v) is 48.2. The van der Waals surface area contributed by atoms with E-state index in [1.807, 2.05) is 0 Å². The Morgan fingerprint density at radius 3 is 0.161 bits per heavy atom. The summed E-state index contributed by atoms with van der Waals surface area (Å²) in [7, 11) is -160. The molecular weight excluding hydrogens is 2700 g/mol. The molecule has 0 N–H and O–H groups in total. The Morgan fingerprint density at radius 2 is 0.125 bits per heavy atom. The molecule has 112 heteroatoms. The van der Waals surface area contributed by atoms with Gasteiger partial charge in [-0.05, 0) is 0 Å². The predicted octanol–water partition coefficient (Wildman–Crippen LogP) is -24.4. The molecule has 0 aliphatic carbocycles. The van der Waals surface area contributed by atoms with Crippen molar-refractivity contribution < 1.29 is 528 Å². The molecule has 0 heterocycles. The third-order valence-corrected chi connectivity index (χ3v) is 36.0. The van der Waals surface area contributed by atoms with Gasteiger partial charge in [-0.25, -0.2) is 43.1 Å². The van der Waals surface area contributed by atoms with Crippen LogP contribution in [0.2, 0.25) is 0 Å². The molecule has 0 fully saturated rings. The molecule has 0 aromatic heterocycles. The molecule has 0 radical (unpaired) electrons. The zero-order valence-electron chi connectivity index (χ0n) is 47.0. The molecule has 80 nitrogen and oxygen atoms in total. The Bertz CT molecular complexity index is 3400. The van der Waals surface area contributed by atoms with E-state index < -0.39 is 196 Å². The maximum atomic E-state index is 10.7. The quantitative estimate of drug-likeness (QED) is 0.0406. The van der Waals surface area contributed by atoms with Crippen molar-refractivity contribution in [1.82, 2.24) is 0 Å². The Kier molecular flexibility index (Phi) is 69.1. The summed E-state index contributed by atoms with van der Waals surface area (Å²) in [5, 5.41) is 0. The van der Waals surface area contributed by atoms with Gasteiger partial charge in [-0.1, -0.05) is 0 Å². The molecule has 0 saturated heterocycles. The van der Waals surface area contributed by atoms with Crippen molar-refractivity contribution in [3.63, 3.8) is 0 Å². The number of hydrogen-bond donors (Lipinski definition) is 0. The van der Waals surface area contributed by atoms with Crippen LogP contribution in [0.1, 0.15) is 0 Å². The van der Waals surface area contributed by atoms with Crippen molar-refractivity contribution >= 4 is 196 Å². The zero-order valence-corrected chi connectivity index (χ0v) is 84.7. The summed E-state index contributed by atoms with van der Waals surface area (Å²) < 4.78 is 313. The van der Waals surface area contributed by atoms with Gasteiger partial charge in [0, 0.05) is 0 Å². The van der Waals surface area contributed by atoms with Crippen LogP contribution in [-0.4, -0.2) is 0 Å². The van der Waals surface area contributed by atoms with Gasteiger partial charge in [0.25, 0.3) is 117 Å². The van der Waals surface area contributed by atoms with E-state index in [9.17, 15) is 285 Å². The summed E-state index contributed by atoms with van der Waals surface area (Å²) in [4.78, 5) is 358. The van der Waals surface area contributed by atoms with E-state index in [1.54, 1.807) is 0 Å². The zero-order chi connectivity index (χ0) is 86.6. The molecule has 0 spiro atoms. The predicted molar refractivity (Wildman–Crippen MR) is 212 cm³/mol. The Balaban J connectivity index is -0.000000110. The van der Waals surface area contributed by atoms with E-state index in [0.29, 0.717) is 0 Å². The van der Waals surface area contributed by atoms with Gasteiger partial charge in [0.1, 0.15) is 0 Å². The van der Waals surface area contributed by atoms with Crippen LogP contribution in [-0.2, 0) is 357 Å².